The minimum absolute atomic E-state index is 0.273. The summed E-state index contributed by atoms with van der Waals surface area (Å²) in [6.45, 7) is 7.22. The number of hydrogen-bond donors (Lipinski definition) is 0. The molecule has 0 saturated heterocycles. The number of carbonyl (C=O) groups is 1. The second-order valence-electron chi connectivity index (χ2n) is 8.19. The Hall–Kier alpha value is -0.380. The van der Waals surface area contributed by atoms with Crippen LogP contribution in [0.3, 0.4) is 0 Å². The molecule has 0 aliphatic heterocycles. The fraction of sp³-hybridized carbons (Fsp3) is 0.958. The van der Waals surface area contributed by atoms with Crippen LogP contribution in [0, 0.1) is 0 Å². The molecule has 0 amide bonds. The molecule has 0 saturated carbocycles. The van der Waals surface area contributed by atoms with E-state index in [4.69, 9.17) is 13.8 Å². The number of ether oxygens (including phenoxy) is 1. The van der Waals surface area contributed by atoms with Crippen molar-refractivity contribution in [3.05, 3.63) is 0 Å². The van der Waals surface area contributed by atoms with Crippen molar-refractivity contribution in [3.63, 3.8) is 0 Å². The quantitative estimate of drug-likeness (QED) is 0.0898. The fourth-order valence-electron chi connectivity index (χ4n) is 3.37. The third kappa shape index (κ3) is 19.6. The molecule has 0 heterocycles. The van der Waals surface area contributed by atoms with Gasteiger partial charge in [-0.25, -0.2) is 0 Å². The summed E-state index contributed by atoms with van der Waals surface area (Å²) in [7, 11) is -3.42. The van der Waals surface area contributed by atoms with E-state index in [0.29, 0.717) is 13.2 Å². The lowest BCUT2D eigenvalue weighted by Crippen LogP contribution is -2.13. The van der Waals surface area contributed by atoms with E-state index in [0.717, 1.165) is 25.7 Å². The van der Waals surface area contributed by atoms with Crippen molar-refractivity contribution >= 4 is 13.6 Å². The second-order valence-corrected chi connectivity index (χ2v) is 10.2. The standard InChI is InChI=1S/C24H49O5P/c1-4-7-9-11-13-15-17-19-21-28-30(26,23-24(25)27-6-3)29-22-20-18-16-14-12-10-8-5-2/h4-23H2,1-3H3. The zero-order valence-corrected chi connectivity index (χ0v) is 21.0. The number of carbonyl (C=O) groups excluding carboxylic acids is 1. The lowest BCUT2D eigenvalue weighted by atomic mass is 10.1. The van der Waals surface area contributed by atoms with Crippen LogP contribution in [0.4, 0.5) is 0 Å². The van der Waals surface area contributed by atoms with Crippen LogP contribution in [0.2, 0.25) is 0 Å². The molecule has 0 fully saturated rings. The van der Waals surface area contributed by atoms with E-state index in [1.54, 1.807) is 6.92 Å². The Morgan fingerprint density at radius 1 is 0.600 bits per heavy atom. The highest BCUT2D eigenvalue weighted by molar-refractivity contribution is 7.54. The number of esters is 1. The highest BCUT2D eigenvalue weighted by Gasteiger charge is 2.29. The van der Waals surface area contributed by atoms with Gasteiger partial charge in [-0.1, -0.05) is 104 Å². The van der Waals surface area contributed by atoms with Crippen molar-refractivity contribution in [1.29, 1.82) is 0 Å². The van der Waals surface area contributed by atoms with Crippen LogP contribution >= 0.6 is 7.60 Å². The average Bonchev–Trinajstić information content (AvgIpc) is 2.71. The number of unbranched alkanes of at least 4 members (excludes halogenated alkanes) is 14. The first-order chi connectivity index (χ1) is 14.6. The molecule has 180 valence electrons. The smallest absolute Gasteiger partial charge is 0.341 e. The van der Waals surface area contributed by atoms with Crippen molar-refractivity contribution in [2.24, 2.45) is 0 Å². The molecule has 6 heteroatoms. The Morgan fingerprint density at radius 3 is 1.33 bits per heavy atom. The highest BCUT2D eigenvalue weighted by atomic mass is 31.2. The van der Waals surface area contributed by atoms with Gasteiger partial charge in [-0.3, -0.25) is 9.36 Å². The Morgan fingerprint density at radius 2 is 0.967 bits per heavy atom. The maximum absolute atomic E-state index is 13.0. The van der Waals surface area contributed by atoms with Crippen molar-refractivity contribution < 1.29 is 23.1 Å². The number of rotatable bonds is 23. The van der Waals surface area contributed by atoms with Gasteiger partial charge in [0.05, 0.1) is 19.8 Å². The van der Waals surface area contributed by atoms with Crippen LogP contribution in [-0.2, 0) is 23.1 Å². The second kappa shape index (κ2) is 21.8. The van der Waals surface area contributed by atoms with Gasteiger partial charge in [0.2, 0.25) is 0 Å². The molecule has 0 aromatic rings. The number of hydrogen-bond acceptors (Lipinski definition) is 5. The van der Waals surface area contributed by atoms with E-state index < -0.39 is 13.6 Å². The Labute approximate surface area is 186 Å². The molecule has 0 aliphatic carbocycles. The van der Waals surface area contributed by atoms with E-state index in [1.807, 2.05) is 0 Å². The van der Waals surface area contributed by atoms with Crippen LogP contribution in [0.1, 0.15) is 124 Å². The summed E-state index contributed by atoms with van der Waals surface area (Å²) in [5.41, 5.74) is 0. The minimum atomic E-state index is -3.42. The van der Waals surface area contributed by atoms with Gasteiger partial charge >= 0.3 is 13.6 Å². The molecular formula is C24H49O5P. The molecule has 0 aromatic carbocycles. The van der Waals surface area contributed by atoms with Gasteiger partial charge in [0.25, 0.3) is 0 Å². The average molecular weight is 449 g/mol. The molecule has 30 heavy (non-hydrogen) atoms. The fourth-order valence-corrected chi connectivity index (χ4v) is 4.85. The summed E-state index contributed by atoms with van der Waals surface area (Å²) in [6, 6.07) is 0. The third-order valence-corrected chi connectivity index (χ3v) is 7.00. The van der Waals surface area contributed by atoms with Gasteiger partial charge < -0.3 is 13.8 Å². The molecule has 5 nitrogen and oxygen atoms in total. The van der Waals surface area contributed by atoms with Gasteiger partial charge in [0.1, 0.15) is 6.16 Å². The summed E-state index contributed by atoms with van der Waals surface area (Å²) in [5, 5.41) is 0. The van der Waals surface area contributed by atoms with E-state index in [9.17, 15) is 9.36 Å². The van der Waals surface area contributed by atoms with Gasteiger partial charge in [0.15, 0.2) is 0 Å². The summed E-state index contributed by atoms with van der Waals surface area (Å²) in [5.74, 6) is -0.507. The van der Waals surface area contributed by atoms with E-state index in [-0.39, 0.29) is 12.8 Å². The largest absolute Gasteiger partial charge is 0.466 e. The van der Waals surface area contributed by atoms with Crippen LogP contribution in [-0.4, -0.2) is 32.0 Å². The van der Waals surface area contributed by atoms with Crippen molar-refractivity contribution in [2.45, 2.75) is 124 Å². The Kier molecular flexibility index (Phi) is 21.6. The molecular weight excluding hydrogens is 399 g/mol. The molecule has 0 aromatic heterocycles. The lowest BCUT2D eigenvalue weighted by Gasteiger charge is -2.18. The van der Waals surface area contributed by atoms with Gasteiger partial charge in [-0.05, 0) is 19.8 Å². The van der Waals surface area contributed by atoms with E-state index in [2.05, 4.69) is 13.8 Å². The maximum Gasteiger partial charge on any atom is 0.341 e. The SMILES string of the molecule is CCCCCCCCCCOP(=O)(CC(=O)OCC)OCCCCCCCCCC. The molecule has 0 N–H and O–H groups in total. The van der Waals surface area contributed by atoms with Crippen molar-refractivity contribution in [3.8, 4) is 0 Å². The van der Waals surface area contributed by atoms with Crippen LogP contribution in [0.25, 0.3) is 0 Å². The van der Waals surface area contributed by atoms with Crippen molar-refractivity contribution in [2.75, 3.05) is 26.0 Å². The summed E-state index contributed by atoms with van der Waals surface area (Å²) >= 11 is 0. The Balaban J connectivity index is 4.04. The van der Waals surface area contributed by atoms with Crippen LogP contribution in [0.5, 0.6) is 0 Å². The van der Waals surface area contributed by atoms with Crippen LogP contribution in [0.15, 0.2) is 0 Å². The Bertz CT molecular complexity index is 402. The minimum Gasteiger partial charge on any atom is -0.466 e. The third-order valence-electron chi connectivity index (χ3n) is 5.20. The monoisotopic (exact) mass is 448 g/mol. The lowest BCUT2D eigenvalue weighted by molar-refractivity contribution is -0.140. The highest BCUT2D eigenvalue weighted by Crippen LogP contribution is 2.48. The predicted octanol–water partition coefficient (Wildman–Crippen LogP) is 8.06. The maximum atomic E-state index is 13.0. The van der Waals surface area contributed by atoms with Gasteiger partial charge in [0, 0.05) is 0 Å². The molecule has 0 unspecified atom stereocenters. The zero-order valence-electron chi connectivity index (χ0n) is 20.1. The molecule has 0 atom stereocenters. The molecule has 0 aliphatic rings. The van der Waals surface area contributed by atoms with E-state index >= 15 is 0 Å². The first kappa shape index (κ1) is 29.6. The van der Waals surface area contributed by atoms with Gasteiger partial charge in [-0.2, -0.15) is 0 Å². The molecule has 0 bridgehead atoms. The van der Waals surface area contributed by atoms with Crippen molar-refractivity contribution in [1.82, 2.24) is 0 Å². The normalized spacial score (nSPS) is 11.7. The first-order valence-electron chi connectivity index (χ1n) is 12.6. The topological polar surface area (TPSA) is 61.8 Å². The summed E-state index contributed by atoms with van der Waals surface area (Å²) in [4.78, 5) is 11.8. The molecule has 0 rings (SSSR count). The molecule has 0 radical (unpaired) electrons. The van der Waals surface area contributed by atoms with Crippen LogP contribution < -0.4 is 0 Å². The van der Waals surface area contributed by atoms with E-state index in [1.165, 1.54) is 77.0 Å². The molecule has 0 spiro atoms. The van der Waals surface area contributed by atoms with Gasteiger partial charge in [-0.15, -0.1) is 0 Å². The first-order valence-corrected chi connectivity index (χ1v) is 14.3. The summed E-state index contributed by atoms with van der Waals surface area (Å²) in [6.07, 6.45) is 18.7. The predicted molar refractivity (Wildman–Crippen MR) is 126 cm³/mol. The zero-order chi connectivity index (χ0) is 22.3. The summed E-state index contributed by atoms with van der Waals surface area (Å²) < 4.78 is 29.1.